The van der Waals surface area contributed by atoms with Gasteiger partial charge >= 0.3 is 0 Å². The van der Waals surface area contributed by atoms with E-state index in [1.54, 1.807) is 6.07 Å². The molecule has 0 unspecified atom stereocenters. The Labute approximate surface area is 118 Å². The van der Waals surface area contributed by atoms with Crippen molar-refractivity contribution in [2.75, 3.05) is 23.4 Å². The van der Waals surface area contributed by atoms with E-state index in [1.165, 1.54) is 0 Å². The number of carbonyl (C=O) groups excluding carboxylic acids is 1. The molecule has 7 heteroatoms. The van der Waals surface area contributed by atoms with Crippen molar-refractivity contribution in [1.29, 1.82) is 0 Å². The van der Waals surface area contributed by atoms with E-state index in [2.05, 4.69) is 27.6 Å². The minimum atomic E-state index is -0.637. The lowest BCUT2D eigenvalue weighted by molar-refractivity contribution is -0.126. The molecule has 0 aliphatic carbocycles. The maximum Gasteiger partial charge on any atom is 0.245 e. The molecule has 20 heavy (non-hydrogen) atoms. The Kier molecular flexibility index (Phi) is 4.08. The minimum absolute atomic E-state index is 0.00154. The molecule has 0 bridgehead atoms. The van der Waals surface area contributed by atoms with Gasteiger partial charge in [0.15, 0.2) is 0 Å². The quantitative estimate of drug-likeness (QED) is 0.546. The topological polar surface area (TPSA) is 96.2 Å². The highest BCUT2D eigenvalue weighted by Crippen LogP contribution is 2.26. The molecule has 1 amide bonds. The van der Waals surface area contributed by atoms with E-state index < -0.39 is 5.54 Å². The van der Waals surface area contributed by atoms with Crippen molar-refractivity contribution in [3.05, 3.63) is 11.9 Å². The molecule has 110 valence electrons. The molecule has 0 saturated carbocycles. The largest absolute Gasteiger partial charge is 0.352 e. The van der Waals surface area contributed by atoms with Gasteiger partial charge in [0.05, 0.1) is 0 Å². The summed E-state index contributed by atoms with van der Waals surface area (Å²) in [5, 5.41) is 2.88. The Morgan fingerprint density at radius 2 is 2.25 bits per heavy atom. The molecule has 0 spiro atoms. The van der Waals surface area contributed by atoms with E-state index in [4.69, 9.17) is 5.84 Å². The third kappa shape index (κ3) is 2.67. The van der Waals surface area contributed by atoms with E-state index >= 15 is 0 Å². The van der Waals surface area contributed by atoms with Crippen LogP contribution in [0, 0.1) is 0 Å². The number of nitrogens with one attached hydrogen (secondary N) is 2. The fraction of sp³-hybridized carbons (Fsp3) is 0.615. The van der Waals surface area contributed by atoms with Crippen molar-refractivity contribution >= 4 is 17.5 Å². The van der Waals surface area contributed by atoms with Gasteiger partial charge in [-0.2, -0.15) is 0 Å². The van der Waals surface area contributed by atoms with Crippen LogP contribution in [0.3, 0.4) is 0 Å². The first-order valence-corrected chi connectivity index (χ1v) is 6.89. The first-order chi connectivity index (χ1) is 9.48. The molecule has 1 saturated heterocycles. The summed E-state index contributed by atoms with van der Waals surface area (Å²) in [6.07, 6.45) is 1.74. The van der Waals surface area contributed by atoms with Crippen LogP contribution in [-0.4, -0.2) is 34.5 Å². The third-order valence-electron chi connectivity index (χ3n) is 3.51. The summed E-state index contributed by atoms with van der Waals surface area (Å²) in [7, 11) is 0. The number of aryl methyl sites for hydroxylation is 1. The van der Waals surface area contributed by atoms with Crippen LogP contribution in [0.15, 0.2) is 6.07 Å². The summed E-state index contributed by atoms with van der Waals surface area (Å²) in [5.74, 6) is 7.51. The number of piperazine rings is 1. The fourth-order valence-electron chi connectivity index (χ4n) is 2.33. The maximum absolute atomic E-state index is 12.0. The van der Waals surface area contributed by atoms with E-state index in [-0.39, 0.29) is 5.91 Å². The lowest BCUT2D eigenvalue weighted by atomic mass is 9.99. The zero-order chi connectivity index (χ0) is 14.8. The number of hydrogen-bond donors (Lipinski definition) is 3. The molecule has 4 N–H and O–H groups in total. The number of nitrogens with zero attached hydrogens (tertiary/aromatic N) is 3. The molecule has 1 aromatic rings. The van der Waals surface area contributed by atoms with Crippen molar-refractivity contribution < 1.29 is 4.79 Å². The molecule has 1 aromatic heterocycles. The Bertz CT molecular complexity index is 502. The number of nitrogen functional groups attached to an aromatic ring is 1. The number of carbonyl (C=O) groups is 1. The smallest absolute Gasteiger partial charge is 0.245 e. The molecular formula is C13H22N6O. The normalized spacial score (nSPS) is 17.8. The number of hydrogen-bond acceptors (Lipinski definition) is 6. The van der Waals surface area contributed by atoms with Gasteiger partial charge in [0.25, 0.3) is 0 Å². The van der Waals surface area contributed by atoms with Gasteiger partial charge in [-0.1, -0.05) is 6.92 Å². The average Bonchev–Trinajstić information content (AvgIpc) is 2.41. The summed E-state index contributed by atoms with van der Waals surface area (Å²) >= 11 is 0. The van der Waals surface area contributed by atoms with Crippen molar-refractivity contribution in [2.45, 2.75) is 39.2 Å². The molecule has 7 nitrogen and oxygen atoms in total. The molecule has 1 aliphatic rings. The predicted molar refractivity (Wildman–Crippen MR) is 78.3 cm³/mol. The van der Waals surface area contributed by atoms with Crippen molar-refractivity contribution in [2.24, 2.45) is 5.84 Å². The molecule has 0 aromatic carbocycles. The van der Waals surface area contributed by atoms with Crippen LogP contribution in [0.1, 0.15) is 33.0 Å². The Balaban J connectivity index is 2.40. The van der Waals surface area contributed by atoms with Gasteiger partial charge < -0.3 is 15.6 Å². The third-order valence-corrected chi connectivity index (χ3v) is 3.51. The number of anilines is 2. The first kappa shape index (κ1) is 14.5. The van der Waals surface area contributed by atoms with Crippen LogP contribution in [0.2, 0.25) is 0 Å². The number of amides is 1. The van der Waals surface area contributed by atoms with Crippen LogP contribution >= 0.6 is 0 Å². The van der Waals surface area contributed by atoms with E-state index in [1.807, 2.05) is 18.7 Å². The number of aromatic nitrogens is 2. The van der Waals surface area contributed by atoms with Crippen molar-refractivity contribution in [3.8, 4) is 0 Å². The zero-order valence-corrected chi connectivity index (χ0v) is 12.2. The van der Waals surface area contributed by atoms with Crippen molar-refractivity contribution in [3.63, 3.8) is 0 Å². The van der Waals surface area contributed by atoms with Gasteiger partial charge in [0, 0.05) is 25.6 Å². The molecule has 0 radical (unpaired) electrons. The lowest BCUT2D eigenvalue weighted by Gasteiger charge is -2.42. The molecule has 2 heterocycles. The van der Waals surface area contributed by atoms with Gasteiger partial charge in [0.2, 0.25) is 5.91 Å². The summed E-state index contributed by atoms with van der Waals surface area (Å²) in [6.45, 7) is 7.17. The highest BCUT2D eigenvalue weighted by atomic mass is 16.2. The summed E-state index contributed by atoms with van der Waals surface area (Å²) in [6, 6.07) is 1.78. The molecular weight excluding hydrogens is 256 g/mol. The van der Waals surface area contributed by atoms with E-state index in [0.717, 1.165) is 24.5 Å². The lowest BCUT2D eigenvalue weighted by Crippen LogP contribution is -2.62. The number of nitrogens with two attached hydrogens (primary N) is 1. The molecule has 0 atom stereocenters. The second-order valence-corrected chi connectivity index (χ2v) is 5.39. The zero-order valence-electron chi connectivity index (χ0n) is 12.2. The Morgan fingerprint density at radius 1 is 1.50 bits per heavy atom. The van der Waals surface area contributed by atoms with E-state index in [9.17, 15) is 4.79 Å². The van der Waals surface area contributed by atoms with E-state index in [0.29, 0.717) is 18.9 Å². The fourth-order valence-corrected chi connectivity index (χ4v) is 2.33. The van der Waals surface area contributed by atoms with Crippen LogP contribution < -0.4 is 21.5 Å². The number of hydrazine groups is 1. The van der Waals surface area contributed by atoms with Gasteiger partial charge in [0.1, 0.15) is 23.0 Å². The van der Waals surface area contributed by atoms with Gasteiger partial charge in [-0.15, -0.1) is 0 Å². The SMILES string of the molecule is CCCc1nc(NN)cc(N2CCNC(=O)C2(C)C)n1. The van der Waals surface area contributed by atoms with Crippen LogP contribution in [0.25, 0.3) is 0 Å². The van der Waals surface area contributed by atoms with Gasteiger partial charge in [-0.3, -0.25) is 4.79 Å². The van der Waals surface area contributed by atoms with Crippen LogP contribution in [0.4, 0.5) is 11.6 Å². The van der Waals surface area contributed by atoms with Crippen LogP contribution in [0.5, 0.6) is 0 Å². The number of rotatable bonds is 4. The van der Waals surface area contributed by atoms with Gasteiger partial charge in [-0.05, 0) is 20.3 Å². The summed E-state index contributed by atoms with van der Waals surface area (Å²) < 4.78 is 0. The minimum Gasteiger partial charge on any atom is -0.352 e. The first-order valence-electron chi connectivity index (χ1n) is 6.89. The molecule has 1 fully saturated rings. The molecule has 2 rings (SSSR count). The Morgan fingerprint density at radius 3 is 2.90 bits per heavy atom. The highest BCUT2D eigenvalue weighted by Gasteiger charge is 2.38. The summed E-state index contributed by atoms with van der Waals surface area (Å²) in [4.78, 5) is 22.9. The predicted octanol–water partition coefficient (Wildman–Crippen LogP) is 0.430. The second-order valence-electron chi connectivity index (χ2n) is 5.39. The van der Waals surface area contributed by atoms with Crippen LogP contribution in [-0.2, 0) is 11.2 Å². The standard InChI is InChI=1S/C13H22N6O/c1-4-5-9-16-10(18-14)8-11(17-9)19-7-6-15-12(20)13(19,2)3/h8H,4-7,14H2,1-3H3,(H,15,20)(H,16,17,18). The monoisotopic (exact) mass is 278 g/mol. The van der Waals surface area contributed by atoms with Crippen molar-refractivity contribution in [1.82, 2.24) is 15.3 Å². The highest BCUT2D eigenvalue weighted by molar-refractivity contribution is 5.90. The van der Waals surface area contributed by atoms with Gasteiger partial charge in [-0.25, -0.2) is 15.8 Å². The average molecular weight is 278 g/mol. The summed E-state index contributed by atoms with van der Waals surface area (Å²) in [5.41, 5.74) is 1.93. The second kappa shape index (κ2) is 5.62. The molecule has 1 aliphatic heterocycles. The Hall–Kier alpha value is -1.89. The maximum atomic E-state index is 12.0.